The number of allylic oxidation sites excluding steroid dienone is 1. The standard InChI is InChI=1S/C40H31BN2O/c1-25-26(2)42-24-28-12-8-16-30(25)34-18-10-22-38-39(34)41(28)35-19-9-17-31(40(35)44-38)27-11-7-13-29(23-27)43-36-20-5-3-14-32(36)33-15-4-6-21-37(33)43/h3,5-14,16-24,42H,4,15H2,1-2H3. The second-order valence-electron chi connectivity index (χ2n) is 12.2. The number of aryl methyl sites for hydroxylation is 2. The maximum atomic E-state index is 6.93. The van der Waals surface area contributed by atoms with Crippen LogP contribution in [0.1, 0.15) is 28.9 Å². The first-order chi connectivity index (χ1) is 21.7. The molecule has 0 atom stereocenters. The van der Waals surface area contributed by atoms with E-state index in [1.807, 2.05) is 0 Å². The van der Waals surface area contributed by atoms with E-state index in [1.165, 1.54) is 60.9 Å². The minimum Gasteiger partial charge on any atom is -0.458 e. The van der Waals surface area contributed by atoms with Crippen LogP contribution in [0.3, 0.4) is 0 Å². The van der Waals surface area contributed by atoms with Crippen LogP contribution in [0.5, 0.6) is 11.5 Å². The fourth-order valence-electron chi connectivity index (χ4n) is 7.58. The lowest BCUT2D eigenvalue weighted by Crippen LogP contribution is -2.55. The fourth-order valence-corrected chi connectivity index (χ4v) is 7.58. The van der Waals surface area contributed by atoms with Crippen molar-refractivity contribution in [3.8, 4) is 39.4 Å². The number of H-pyrrole nitrogens is 1. The zero-order valence-corrected chi connectivity index (χ0v) is 24.9. The van der Waals surface area contributed by atoms with Crippen molar-refractivity contribution in [1.29, 1.82) is 0 Å². The Kier molecular flexibility index (Phi) is 5.55. The van der Waals surface area contributed by atoms with Gasteiger partial charge in [0.1, 0.15) is 11.5 Å². The Balaban J connectivity index is 1.26. The van der Waals surface area contributed by atoms with Gasteiger partial charge in [0.2, 0.25) is 0 Å². The summed E-state index contributed by atoms with van der Waals surface area (Å²) in [5, 5.41) is 1.35. The molecule has 4 aromatic carbocycles. The summed E-state index contributed by atoms with van der Waals surface area (Å²) in [6.07, 6.45) is 8.94. The van der Waals surface area contributed by atoms with Crippen molar-refractivity contribution in [3.05, 3.63) is 138 Å². The van der Waals surface area contributed by atoms with Gasteiger partial charge in [-0.1, -0.05) is 90.4 Å². The predicted octanol–water partition coefficient (Wildman–Crippen LogP) is 7.93. The molecule has 6 aromatic rings. The Morgan fingerprint density at radius 2 is 1.61 bits per heavy atom. The predicted molar refractivity (Wildman–Crippen MR) is 184 cm³/mol. The topological polar surface area (TPSA) is 29.9 Å². The molecule has 0 saturated carbocycles. The number of nitrogens with zero attached hydrogens (tertiary/aromatic N) is 1. The number of fused-ring (bicyclic) bond motifs is 9. The Labute approximate surface area is 257 Å². The van der Waals surface area contributed by atoms with E-state index >= 15 is 0 Å². The van der Waals surface area contributed by atoms with E-state index in [9.17, 15) is 0 Å². The SMILES string of the molecule is Cc1[nH]cc2cccc(c1C)-c1cccc3c1B2c1cccc(-c2cccc(-n4c5c(c6ccccc64)CCC=C5)c2)c1O3. The van der Waals surface area contributed by atoms with E-state index in [0.29, 0.717) is 0 Å². The summed E-state index contributed by atoms with van der Waals surface area (Å²) in [4.78, 5) is 3.60. The van der Waals surface area contributed by atoms with Crippen molar-refractivity contribution in [2.24, 2.45) is 0 Å². The molecule has 0 saturated heterocycles. The molecule has 44 heavy (non-hydrogen) atoms. The maximum Gasteiger partial charge on any atom is 0.253 e. The molecule has 0 fully saturated rings. The first-order valence-electron chi connectivity index (χ1n) is 15.5. The van der Waals surface area contributed by atoms with Gasteiger partial charge in [0.05, 0.1) is 5.52 Å². The van der Waals surface area contributed by atoms with Crippen molar-refractivity contribution < 1.29 is 4.74 Å². The molecule has 2 bridgehead atoms. The van der Waals surface area contributed by atoms with Crippen LogP contribution < -0.4 is 21.1 Å². The average molecular weight is 567 g/mol. The second-order valence-corrected chi connectivity index (χ2v) is 12.2. The van der Waals surface area contributed by atoms with Gasteiger partial charge in [0.15, 0.2) is 0 Å². The molecule has 0 spiro atoms. The molecule has 1 aliphatic carbocycles. The largest absolute Gasteiger partial charge is 0.458 e. The number of aromatic amines is 1. The van der Waals surface area contributed by atoms with Gasteiger partial charge in [-0.15, -0.1) is 0 Å². The molecular formula is C40H31BN2O. The highest BCUT2D eigenvalue weighted by Gasteiger charge is 2.36. The Morgan fingerprint density at radius 1 is 0.795 bits per heavy atom. The van der Waals surface area contributed by atoms with E-state index in [-0.39, 0.29) is 6.71 Å². The number of hydrogen-bond acceptors (Lipinski definition) is 1. The number of benzene rings is 4. The molecule has 3 aliphatic heterocycles. The summed E-state index contributed by atoms with van der Waals surface area (Å²) in [5.41, 5.74) is 15.9. The first kappa shape index (κ1) is 25.3. The Morgan fingerprint density at radius 3 is 2.57 bits per heavy atom. The third-order valence-electron chi connectivity index (χ3n) is 9.79. The van der Waals surface area contributed by atoms with Gasteiger partial charge in [-0.3, -0.25) is 0 Å². The zero-order chi connectivity index (χ0) is 29.4. The zero-order valence-electron chi connectivity index (χ0n) is 24.9. The van der Waals surface area contributed by atoms with Crippen molar-refractivity contribution in [2.45, 2.75) is 26.7 Å². The van der Waals surface area contributed by atoms with E-state index in [0.717, 1.165) is 41.2 Å². The van der Waals surface area contributed by atoms with Crippen molar-refractivity contribution in [1.82, 2.24) is 9.55 Å². The first-order valence-corrected chi connectivity index (χ1v) is 15.5. The van der Waals surface area contributed by atoms with Crippen LogP contribution in [-0.4, -0.2) is 16.3 Å². The lowest BCUT2D eigenvalue weighted by molar-refractivity contribution is 0.489. The molecule has 210 valence electrons. The van der Waals surface area contributed by atoms with Crippen LogP contribution in [0.15, 0.2) is 115 Å². The molecule has 3 nitrogen and oxygen atoms in total. The fraction of sp³-hybridized carbons (Fsp3) is 0.100. The number of para-hydroxylation sites is 2. The molecule has 10 rings (SSSR count). The average Bonchev–Trinajstić information content (AvgIpc) is 3.43. The van der Waals surface area contributed by atoms with Gasteiger partial charge in [0.25, 0.3) is 6.71 Å². The van der Waals surface area contributed by atoms with Gasteiger partial charge in [-0.05, 0) is 102 Å². The number of hydrogen-bond donors (Lipinski definition) is 1. The van der Waals surface area contributed by atoms with Gasteiger partial charge in [-0.25, -0.2) is 0 Å². The monoisotopic (exact) mass is 566 g/mol. The maximum absolute atomic E-state index is 6.93. The summed E-state index contributed by atoms with van der Waals surface area (Å²) in [7, 11) is 0. The second kappa shape index (κ2) is 9.65. The molecule has 4 heteroatoms. The number of rotatable bonds is 2. The minimum absolute atomic E-state index is 0.0461. The third kappa shape index (κ3) is 3.64. The molecule has 0 unspecified atom stereocenters. The minimum atomic E-state index is 0.0461. The molecule has 0 amide bonds. The van der Waals surface area contributed by atoms with Crippen molar-refractivity contribution in [3.63, 3.8) is 0 Å². The lowest BCUT2D eigenvalue weighted by Gasteiger charge is -2.30. The van der Waals surface area contributed by atoms with Gasteiger partial charge in [-0.2, -0.15) is 0 Å². The summed E-state index contributed by atoms with van der Waals surface area (Å²) in [5.74, 6) is 1.86. The molecule has 5 heterocycles. The van der Waals surface area contributed by atoms with E-state index in [1.54, 1.807) is 0 Å². The summed E-state index contributed by atoms with van der Waals surface area (Å²) >= 11 is 0. The Hall–Kier alpha value is -5.22. The number of ether oxygens (including phenoxy) is 1. The molecule has 0 radical (unpaired) electrons. The smallest absolute Gasteiger partial charge is 0.253 e. The van der Waals surface area contributed by atoms with Gasteiger partial charge in [0, 0.05) is 28.0 Å². The summed E-state index contributed by atoms with van der Waals surface area (Å²) in [6, 6.07) is 37.6. The van der Waals surface area contributed by atoms with Crippen LogP contribution in [0, 0.1) is 13.8 Å². The van der Waals surface area contributed by atoms with E-state index in [4.69, 9.17) is 4.74 Å². The lowest BCUT2D eigenvalue weighted by atomic mass is 9.35. The van der Waals surface area contributed by atoms with Gasteiger partial charge < -0.3 is 14.3 Å². The summed E-state index contributed by atoms with van der Waals surface area (Å²) < 4.78 is 9.36. The highest BCUT2D eigenvalue weighted by Crippen LogP contribution is 2.39. The Bertz CT molecular complexity index is 2250. The molecule has 4 aliphatic rings. The third-order valence-corrected chi connectivity index (χ3v) is 9.79. The quantitative estimate of drug-likeness (QED) is 0.212. The highest BCUT2D eigenvalue weighted by atomic mass is 16.5. The van der Waals surface area contributed by atoms with Crippen LogP contribution in [0.2, 0.25) is 0 Å². The molecular weight excluding hydrogens is 535 g/mol. The number of nitrogens with one attached hydrogen (secondary N) is 1. The van der Waals surface area contributed by atoms with Crippen LogP contribution in [-0.2, 0) is 6.42 Å². The van der Waals surface area contributed by atoms with Crippen molar-refractivity contribution >= 4 is 40.1 Å². The summed E-state index contributed by atoms with van der Waals surface area (Å²) in [6.45, 7) is 4.40. The van der Waals surface area contributed by atoms with E-state index in [2.05, 4.69) is 145 Å². The normalized spacial score (nSPS) is 13.5. The van der Waals surface area contributed by atoms with Gasteiger partial charge >= 0.3 is 0 Å². The van der Waals surface area contributed by atoms with Crippen LogP contribution in [0.4, 0.5) is 0 Å². The molecule has 2 aromatic heterocycles. The van der Waals surface area contributed by atoms with Crippen LogP contribution in [0.25, 0.3) is 44.9 Å². The molecule has 1 N–H and O–H groups in total. The van der Waals surface area contributed by atoms with E-state index < -0.39 is 0 Å². The van der Waals surface area contributed by atoms with Crippen molar-refractivity contribution in [2.75, 3.05) is 0 Å². The van der Waals surface area contributed by atoms with Crippen LogP contribution >= 0.6 is 0 Å². The highest BCUT2D eigenvalue weighted by molar-refractivity contribution is 6.97. The number of aromatic nitrogens is 2.